The fraction of sp³-hybridized carbons (Fsp3) is 0.500. The van der Waals surface area contributed by atoms with Crippen molar-refractivity contribution in [1.29, 1.82) is 0 Å². The van der Waals surface area contributed by atoms with Gasteiger partial charge in [0.1, 0.15) is 6.04 Å². The Morgan fingerprint density at radius 3 is 2.88 bits per heavy atom. The van der Waals surface area contributed by atoms with Crippen molar-refractivity contribution in [2.75, 3.05) is 13.1 Å². The predicted octanol–water partition coefficient (Wildman–Crippen LogP) is 0.647. The van der Waals surface area contributed by atoms with Gasteiger partial charge < -0.3 is 4.90 Å². The molecule has 0 spiro atoms. The van der Waals surface area contributed by atoms with E-state index in [-0.39, 0.29) is 10.8 Å². The van der Waals surface area contributed by atoms with Crippen molar-refractivity contribution in [3.63, 3.8) is 0 Å². The maximum Gasteiger partial charge on any atom is 0.242 e. The Bertz CT molecular complexity index is 496. The van der Waals surface area contributed by atoms with Crippen LogP contribution in [0.5, 0.6) is 0 Å². The highest BCUT2D eigenvalue weighted by atomic mass is 32.2. The van der Waals surface area contributed by atoms with Crippen LogP contribution < -0.4 is 4.72 Å². The van der Waals surface area contributed by atoms with E-state index in [1.54, 1.807) is 15.7 Å². The van der Waals surface area contributed by atoms with Crippen LogP contribution in [0.25, 0.3) is 0 Å². The number of likely N-dealkylation sites (tertiary alicyclic amines) is 1. The van der Waals surface area contributed by atoms with Crippen LogP contribution in [0.3, 0.4) is 0 Å². The average Bonchev–Trinajstić information content (AvgIpc) is 2.90. The number of rotatable bonds is 4. The number of carbonyl (C=O) groups is 1. The number of nitrogens with zero attached hydrogens (tertiary/aromatic N) is 1. The molecule has 1 aliphatic rings. The molecule has 1 amide bonds. The molecule has 0 saturated carbocycles. The second-order valence-electron chi connectivity index (χ2n) is 3.84. The maximum atomic E-state index is 11.9. The summed E-state index contributed by atoms with van der Waals surface area (Å²) in [5, 5.41) is 3.25. The molecule has 1 atom stereocenters. The molecule has 0 radical (unpaired) electrons. The van der Waals surface area contributed by atoms with Crippen LogP contribution in [0, 0.1) is 0 Å². The lowest BCUT2D eigenvalue weighted by Gasteiger charge is -2.14. The first-order valence-corrected chi connectivity index (χ1v) is 7.80. The van der Waals surface area contributed by atoms with E-state index in [0.717, 1.165) is 0 Å². The predicted molar refractivity (Wildman–Crippen MR) is 65.3 cm³/mol. The van der Waals surface area contributed by atoms with Gasteiger partial charge in [0.15, 0.2) is 0 Å². The van der Waals surface area contributed by atoms with Gasteiger partial charge in [-0.25, -0.2) is 8.42 Å². The molecule has 1 aromatic rings. The van der Waals surface area contributed by atoms with Gasteiger partial charge in [-0.15, -0.1) is 0 Å². The van der Waals surface area contributed by atoms with Crippen LogP contribution in [-0.2, 0) is 14.8 Å². The number of nitrogens with one attached hydrogen (secondary N) is 1. The van der Waals surface area contributed by atoms with E-state index in [0.29, 0.717) is 19.5 Å². The Balaban J connectivity index is 2.10. The number of sulfonamides is 1. The van der Waals surface area contributed by atoms with Crippen molar-refractivity contribution >= 4 is 27.3 Å². The van der Waals surface area contributed by atoms with E-state index in [2.05, 4.69) is 4.72 Å². The number of hydrogen-bond acceptors (Lipinski definition) is 4. The van der Waals surface area contributed by atoms with E-state index in [9.17, 15) is 13.2 Å². The van der Waals surface area contributed by atoms with Crippen molar-refractivity contribution in [3.05, 3.63) is 16.8 Å². The van der Waals surface area contributed by atoms with Crippen LogP contribution in [-0.4, -0.2) is 38.4 Å². The number of likely N-dealkylation sites (N-methyl/N-ethyl adjacent to an activating group) is 1. The maximum absolute atomic E-state index is 11.9. The molecule has 0 bridgehead atoms. The highest BCUT2D eigenvalue weighted by Crippen LogP contribution is 2.17. The quantitative estimate of drug-likeness (QED) is 0.876. The average molecular weight is 274 g/mol. The molecule has 2 rings (SSSR count). The molecule has 94 valence electrons. The zero-order valence-corrected chi connectivity index (χ0v) is 11.1. The number of carbonyl (C=O) groups excluding carboxylic acids is 1. The van der Waals surface area contributed by atoms with Crippen molar-refractivity contribution in [2.24, 2.45) is 0 Å². The molecule has 1 fully saturated rings. The monoisotopic (exact) mass is 274 g/mol. The first-order chi connectivity index (χ1) is 8.04. The first-order valence-electron chi connectivity index (χ1n) is 5.38. The Labute approximate surface area is 104 Å². The Morgan fingerprint density at radius 1 is 1.59 bits per heavy atom. The van der Waals surface area contributed by atoms with Gasteiger partial charge in [0.2, 0.25) is 15.9 Å². The molecule has 1 aromatic heterocycles. The summed E-state index contributed by atoms with van der Waals surface area (Å²) in [5.41, 5.74) is 0. The Morgan fingerprint density at radius 2 is 2.35 bits per heavy atom. The van der Waals surface area contributed by atoms with Crippen LogP contribution in [0.2, 0.25) is 0 Å². The molecule has 7 heteroatoms. The van der Waals surface area contributed by atoms with Gasteiger partial charge in [-0.05, 0) is 24.8 Å². The van der Waals surface area contributed by atoms with Gasteiger partial charge in [-0.2, -0.15) is 16.1 Å². The Kier molecular flexibility index (Phi) is 3.50. The lowest BCUT2D eigenvalue weighted by atomic mass is 10.3. The van der Waals surface area contributed by atoms with Gasteiger partial charge in [0.05, 0.1) is 4.90 Å². The van der Waals surface area contributed by atoms with Crippen LogP contribution in [0.15, 0.2) is 21.7 Å². The zero-order valence-electron chi connectivity index (χ0n) is 9.42. The largest absolute Gasteiger partial charge is 0.342 e. The normalized spacial score (nSPS) is 21.1. The third-order valence-corrected chi connectivity index (χ3v) is 5.08. The highest BCUT2D eigenvalue weighted by Gasteiger charge is 2.33. The minimum Gasteiger partial charge on any atom is -0.342 e. The molecule has 17 heavy (non-hydrogen) atoms. The van der Waals surface area contributed by atoms with E-state index in [1.165, 1.54) is 17.4 Å². The molecule has 0 aromatic carbocycles. The highest BCUT2D eigenvalue weighted by molar-refractivity contribution is 7.89. The second-order valence-corrected chi connectivity index (χ2v) is 6.33. The molecular weight excluding hydrogens is 260 g/mol. The van der Waals surface area contributed by atoms with Crippen molar-refractivity contribution < 1.29 is 13.2 Å². The van der Waals surface area contributed by atoms with Gasteiger partial charge in [-0.3, -0.25) is 4.79 Å². The standard InChI is InChI=1S/C10H14N2O3S2/c1-2-12-5-3-9(10(12)13)11-17(14,15)8-4-6-16-7-8/h4,6-7,9,11H,2-3,5H2,1H3. The van der Waals surface area contributed by atoms with E-state index in [4.69, 9.17) is 0 Å². The van der Waals surface area contributed by atoms with E-state index < -0.39 is 16.1 Å². The number of amides is 1. The molecule has 2 heterocycles. The second kappa shape index (κ2) is 4.75. The summed E-state index contributed by atoms with van der Waals surface area (Å²) in [7, 11) is -3.55. The fourth-order valence-electron chi connectivity index (χ4n) is 1.82. The Hall–Kier alpha value is -0.920. The topological polar surface area (TPSA) is 66.5 Å². The summed E-state index contributed by atoms with van der Waals surface area (Å²) in [5.74, 6) is -0.133. The van der Waals surface area contributed by atoms with Gasteiger partial charge in [-0.1, -0.05) is 0 Å². The van der Waals surface area contributed by atoms with Gasteiger partial charge in [0, 0.05) is 18.5 Å². The lowest BCUT2D eigenvalue weighted by molar-refractivity contribution is -0.128. The summed E-state index contributed by atoms with van der Waals surface area (Å²) in [4.78, 5) is 13.7. The molecule has 1 unspecified atom stereocenters. The van der Waals surface area contributed by atoms with Crippen molar-refractivity contribution in [1.82, 2.24) is 9.62 Å². The molecule has 5 nitrogen and oxygen atoms in total. The fourth-order valence-corrected chi connectivity index (χ4v) is 4.07. The van der Waals surface area contributed by atoms with Crippen molar-refractivity contribution in [2.45, 2.75) is 24.3 Å². The number of thiophene rings is 1. The van der Waals surface area contributed by atoms with Crippen LogP contribution in [0.4, 0.5) is 0 Å². The molecular formula is C10H14N2O3S2. The summed E-state index contributed by atoms with van der Waals surface area (Å²) >= 11 is 1.32. The molecule has 0 aliphatic carbocycles. The summed E-state index contributed by atoms with van der Waals surface area (Å²) in [6, 6.07) is 0.921. The van der Waals surface area contributed by atoms with E-state index >= 15 is 0 Å². The number of hydrogen-bond donors (Lipinski definition) is 1. The first kappa shape index (κ1) is 12.5. The van der Waals surface area contributed by atoms with E-state index in [1.807, 2.05) is 6.92 Å². The third-order valence-electron chi connectivity index (χ3n) is 2.78. The van der Waals surface area contributed by atoms with Gasteiger partial charge >= 0.3 is 0 Å². The molecule has 1 saturated heterocycles. The van der Waals surface area contributed by atoms with Crippen LogP contribution >= 0.6 is 11.3 Å². The summed E-state index contributed by atoms with van der Waals surface area (Å²) < 4.78 is 26.3. The minimum absolute atomic E-state index is 0.133. The SMILES string of the molecule is CCN1CCC(NS(=O)(=O)c2ccsc2)C1=O. The lowest BCUT2D eigenvalue weighted by Crippen LogP contribution is -2.41. The summed E-state index contributed by atoms with van der Waals surface area (Å²) in [6.45, 7) is 3.12. The summed E-state index contributed by atoms with van der Waals surface area (Å²) in [6.07, 6.45) is 0.538. The smallest absolute Gasteiger partial charge is 0.242 e. The van der Waals surface area contributed by atoms with Crippen LogP contribution in [0.1, 0.15) is 13.3 Å². The molecule has 1 aliphatic heterocycles. The molecule has 1 N–H and O–H groups in total. The minimum atomic E-state index is -3.55. The van der Waals surface area contributed by atoms with Gasteiger partial charge in [0.25, 0.3) is 0 Å². The third kappa shape index (κ3) is 2.51. The zero-order chi connectivity index (χ0) is 12.5. The van der Waals surface area contributed by atoms with Crippen molar-refractivity contribution in [3.8, 4) is 0 Å².